The van der Waals surface area contributed by atoms with Gasteiger partial charge in [0.1, 0.15) is 6.04 Å². The first-order valence-corrected chi connectivity index (χ1v) is 9.69. The monoisotopic (exact) mass is 415 g/mol. The number of imide groups is 2. The highest BCUT2D eigenvalue weighted by atomic mass is 16.7. The van der Waals surface area contributed by atoms with Gasteiger partial charge >= 0.3 is 6.09 Å². The molecule has 2 saturated heterocycles. The van der Waals surface area contributed by atoms with Crippen molar-refractivity contribution in [3.63, 3.8) is 0 Å². The topological polar surface area (TPSA) is 137 Å². The summed E-state index contributed by atoms with van der Waals surface area (Å²) in [6.45, 7) is 2.48. The highest BCUT2D eigenvalue weighted by molar-refractivity contribution is 6.13. The summed E-state index contributed by atoms with van der Waals surface area (Å²) in [5, 5.41) is 8.94. The number of amides is 5. The van der Waals surface area contributed by atoms with E-state index < -0.39 is 29.9 Å². The zero-order chi connectivity index (χ0) is 21.3. The molecule has 0 aromatic heterocycles. The number of nitrogens with one attached hydrogen (secondary N) is 3. The number of rotatable bonds is 3. The smallest absolute Gasteiger partial charge is 0.351 e. The largest absolute Gasteiger partial charge is 0.433 e. The molecular weight excluding hydrogens is 394 g/mol. The van der Waals surface area contributed by atoms with Gasteiger partial charge in [0.2, 0.25) is 11.8 Å². The molecule has 5 amide bonds. The average molecular weight is 415 g/mol. The molecule has 0 bridgehead atoms. The first kappa shape index (κ1) is 20.0. The number of carbonyl (C=O) groups is 5. The quantitative estimate of drug-likeness (QED) is 0.542. The summed E-state index contributed by atoms with van der Waals surface area (Å²) in [4.78, 5) is 67.7. The lowest BCUT2D eigenvalue weighted by Gasteiger charge is -2.29. The average Bonchev–Trinajstić information content (AvgIpc) is 3.05. The molecule has 11 nitrogen and oxygen atoms in total. The molecule has 3 N–H and O–H groups in total. The van der Waals surface area contributed by atoms with Crippen LogP contribution in [0.4, 0.5) is 4.79 Å². The van der Waals surface area contributed by atoms with Gasteiger partial charge in [-0.15, -0.1) is 5.06 Å². The molecule has 3 heterocycles. The van der Waals surface area contributed by atoms with Gasteiger partial charge in [-0.2, -0.15) is 0 Å². The maximum Gasteiger partial charge on any atom is 0.433 e. The molecule has 1 aromatic carbocycles. The molecule has 0 saturated carbocycles. The summed E-state index contributed by atoms with van der Waals surface area (Å²) < 4.78 is 0. The first-order valence-electron chi connectivity index (χ1n) is 9.69. The van der Waals surface area contributed by atoms with Gasteiger partial charge < -0.3 is 15.1 Å². The Morgan fingerprint density at radius 3 is 2.63 bits per heavy atom. The van der Waals surface area contributed by atoms with Gasteiger partial charge in [0.05, 0.1) is 11.1 Å². The number of hydrogen-bond donors (Lipinski definition) is 3. The van der Waals surface area contributed by atoms with Crippen LogP contribution in [0.3, 0.4) is 0 Å². The SMILES string of the molecule is O=C1CCC(N2Cc3cccc(C(=O)NC(=O)ON4CCNCC4)c3C2=O)C(=O)N1. The van der Waals surface area contributed by atoms with E-state index in [1.807, 2.05) is 0 Å². The van der Waals surface area contributed by atoms with Gasteiger partial charge in [-0.3, -0.25) is 29.8 Å². The highest BCUT2D eigenvalue weighted by Crippen LogP contribution is 2.29. The Kier molecular flexibility index (Phi) is 5.46. The first-order chi connectivity index (χ1) is 14.4. The van der Waals surface area contributed by atoms with Crippen LogP contribution in [-0.4, -0.2) is 71.9 Å². The second-order valence-electron chi connectivity index (χ2n) is 7.25. The van der Waals surface area contributed by atoms with Crippen molar-refractivity contribution in [2.24, 2.45) is 0 Å². The Bertz CT molecular complexity index is 926. The van der Waals surface area contributed by atoms with Crippen molar-refractivity contribution < 1.29 is 28.8 Å². The number of piperazine rings is 1. The summed E-state index contributed by atoms with van der Waals surface area (Å²) >= 11 is 0. The van der Waals surface area contributed by atoms with Crippen LogP contribution in [0, 0.1) is 0 Å². The molecule has 3 aliphatic heterocycles. The van der Waals surface area contributed by atoms with Crippen LogP contribution in [0.5, 0.6) is 0 Å². The van der Waals surface area contributed by atoms with E-state index in [0.29, 0.717) is 31.7 Å². The zero-order valence-electron chi connectivity index (χ0n) is 16.1. The third-order valence-electron chi connectivity index (χ3n) is 5.30. The minimum absolute atomic E-state index is 0.0320. The van der Waals surface area contributed by atoms with Crippen molar-refractivity contribution >= 4 is 29.7 Å². The van der Waals surface area contributed by atoms with E-state index >= 15 is 0 Å². The molecular formula is C19H21N5O6. The molecule has 0 radical (unpaired) electrons. The van der Waals surface area contributed by atoms with Gasteiger partial charge in [0.25, 0.3) is 11.8 Å². The molecule has 2 fully saturated rings. The summed E-state index contributed by atoms with van der Waals surface area (Å²) in [6.07, 6.45) is -0.558. The molecule has 1 atom stereocenters. The molecule has 1 unspecified atom stereocenters. The third kappa shape index (κ3) is 3.89. The number of hydrogen-bond acceptors (Lipinski definition) is 8. The van der Waals surface area contributed by atoms with Gasteiger partial charge in [0.15, 0.2) is 0 Å². The van der Waals surface area contributed by atoms with E-state index in [9.17, 15) is 24.0 Å². The van der Waals surface area contributed by atoms with E-state index in [2.05, 4.69) is 16.0 Å². The van der Waals surface area contributed by atoms with Gasteiger partial charge in [-0.25, -0.2) is 4.79 Å². The Labute approximate surface area is 171 Å². The van der Waals surface area contributed by atoms with Gasteiger partial charge in [-0.05, 0) is 18.1 Å². The van der Waals surface area contributed by atoms with Crippen LogP contribution in [0.2, 0.25) is 0 Å². The maximum absolute atomic E-state index is 13.0. The van der Waals surface area contributed by atoms with E-state index in [4.69, 9.17) is 4.84 Å². The van der Waals surface area contributed by atoms with E-state index in [1.165, 1.54) is 16.0 Å². The van der Waals surface area contributed by atoms with Crippen LogP contribution < -0.4 is 16.0 Å². The molecule has 11 heteroatoms. The van der Waals surface area contributed by atoms with Crippen molar-refractivity contribution in [3.8, 4) is 0 Å². The fourth-order valence-corrected chi connectivity index (χ4v) is 3.84. The number of piperidine rings is 1. The summed E-state index contributed by atoms with van der Waals surface area (Å²) in [7, 11) is 0. The number of fused-ring (bicyclic) bond motifs is 1. The summed E-state index contributed by atoms with van der Waals surface area (Å²) in [5.74, 6) is -2.15. The molecule has 0 spiro atoms. The van der Waals surface area contributed by atoms with Gasteiger partial charge in [-0.1, -0.05) is 12.1 Å². The second-order valence-corrected chi connectivity index (χ2v) is 7.25. The molecule has 0 aliphatic carbocycles. The van der Waals surface area contributed by atoms with E-state index in [-0.39, 0.29) is 36.4 Å². The fraction of sp³-hybridized carbons (Fsp3) is 0.421. The summed E-state index contributed by atoms with van der Waals surface area (Å²) in [6, 6.07) is 3.96. The van der Waals surface area contributed by atoms with Crippen LogP contribution in [-0.2, 0) is 21.0 Å². The van der Waals surface area contributed by atoms with Crippen molar-refractivity contribution in [2.45, 2.75) is 25.4 Å². The lowest BCUT2D eigenvalue weighted by molar-refractivity contribution is -0.136. The van der Waals surface area contributed by atoms with Crippen LogP contribution in [0.25, 0.3) is 0 Å². The number of hydroxylamine groups is 2. The van der Waals surface area contributed by atoms with Crippen molar-refractivity contribution in [2.75, 3.05) is 26.2 Å². The Balaban J connectivity index is 1.47. The van der Waals surface area contributed by atoms with Crippen LogP contribution >= 0.6 is 0 Å². The predicted molar refractivity (Wildman–Crippen MR) is 101 cm³/mol. The zero-order valence-corrected chi connectivity index (χ0v) is 16.1. The number of nitrogens with zero attached hydrogens (tertiary/aromatic N) is 2. The highest BCUT2D eigenvalue weighted by Gasteiger charge is 2.40. The van der Waals surface area contributed by atoms with Crippen LogP contribution in [0.1, 0.15) is 39.1 Å². The minimum atomic E-state index is -0.924. The standard InChI is InChI=1S/C19H21N5O6/c25-14-5-4-13(17(27)21-14)24-10-11-2-1-3-12(15(11)18(24)28)16(26)22-19(29)30-23-8-6-20-7-9-23/h1-3,13,20H,4-10H2,(H,21,25,27)(H,22,26,29). The van der Waals surface area contributed by atoms with E-state index in [0.717, 1.165) is 0 Å². The van der Waals surface area contributed by atoms with E-state index in [1.54, 1.807) is 12.1 Å². The fourth-order valence-electron chi connectivity index (χ4n) is 3.84. The molecule has 30 heavy (non-hydrogen) atoms. The molecule has 3 aliphatic rings. The van der Waals surface area contributed by atoms with Crippen molar-refractivity contribution in [1.82, 2.24) is 25.9 Å². The normalized spacial score (nSPS) is 21.8. The maximum atomic E-state index is 13.0. The summed E-state index contributed by atoms with van der Waals surface area (Å²) in [5.41, 5.74) is 0.757. The molecule has 1 aromatic rings. The van der Waals surface area contributed by atoms with Crippen molar-refractivity contribution in [1.29, 1.82) is 0 Å². The number of carbonyl (C=O) groups excluding carboxylic acids is 5. The lowest BCUT2D eigenvalue weighted by atomic mass is 10.0. The van der Waals surface area contributed by atoms with Crippen LogP contribution in [0.15, 0.2) is 18.2 Å². The molecule has 158 valence electrons. The minimum Gasteiger partial charge on any atom is -0.351 e. The Hall–Kier alpha value is -3.31. The van der Waals surface area contributed by atoms with Gasteiger partial charge in [0, 0.05) is 39.1 Å². The van der Waals surface area contributed by atoms with Crippen molar-refractivity contribution in [3.05, 3.63) is 34.9 Å². The number of benzene rings is 1. The molecule has 4 rings (SSSR count). The predicted octanol–water partition coefficient (Wildman–Crippen LogP) is -0.866. The second kappa shape index (κ2) is 8.20. The lowest BCUT2D eigenvalue weighted by Crippen LogP contribution is -2.52. The Morgan fingerprint density at radius 1 is 1.13 bits per heavy atom. The third-order valence-corrected chi connectivity index (χ3v) is 5.30. The Morgan fingerprint density at radius 2 is 1.90 bits per heavy atom.